The SMILES string of the molecule is CC1CC(C(=O)N[C@@H](CCC(N)=O)C(=O)O)CCO1. The van der Waals surface area contributed by atoms with Crippen molar-refractivity contribution in [2.75, 3.05) is 6.61 Å². The van der Waals surface area contributed by atoms with E-state index in [1.165, 1.54) is 0 Å². The smallest absolute Gasteiger partial charge is 0.326 e. The van der Waals surface area contributed by atoms with Gasteiger partial charge in [-0.05, 0) is 26.2 Å². The zero-order chi connectivity index (χ0) is 14.4. The van der Waals surface area contributed by atoms with Gasteiger partial charge in [-0.15, -0.1) is 0 Å². The predicted molar refractivity (Wildman–Crippen MR) is 66.1 cm³/mol. The molecule has 108 valence electrons. The lowest BCUT2D eigenvalue weighted by Crippen LogP contribution is -2.45. The summed E-state index contributed by atoms with van der Waals surface area (Å²) in [5, 5.41) is 11.5. The van der Waals surface area contributed by atoms with E-state index in [0.717, 1.165) is 0 Å². The molecule has 1 fully saturated rings. The maximum Gasteiger partial charge on any atom is 0.326 e. The fraction of sp³-hybridized carbons (Fsp3) is 0.750. The van der Waals surface area contributed by atoms with Crippen LogP contribution in [-0.2, 0) is 19.1 Å². The van der Waals surface area contributed by atoms with Crippen LogP contribution in [-0.4, -0.2) is 41.6 Å². The Morgan fingerprint density at radius 1 is 1.47 bits per heavy atom. The first-order valence-electron chi connectivity index (χ1n) is 6.33. The quantitative estimate of drug-likeness (QED) is 0.610. The summed E-state index contributed by atoms with van der Waals surface area (Å²) in [4.78, 5) is 33.6. The largest absolute Gasteiger partial charge is 0.480 e. The normalized spacial score (nSPS) is 24.5. The summed E-state index contributed by atoms with van der Waals surface area (Å²) in [7, 11) is 0. The topological polar surface area (TPSA) is 119 Å². The van der Waals surface area contributed by atoms with Crippen LogP contribution in [0.4, 0.5) is 0 Å². The van der Waals surface area contributed by atoms with Crippen LogP contribution in [0.1, 0.15) is 32.6 Å². The van der Waals surface area contributed by atoms with Crippen LogP contribution in [0.5, 0.6) is 0 Å². The van der Waals surface area contributed by atoms with Gasteiger partial charge in [0.05, 0.1) is 6.10 Å². The molecule has 1 rings (SSSR count). The van der Waals surface area contributed by atoms with Crippen LogP contribution in [0.25, 0.3) is 0 Å². The lowest BCUT2D eigenvalue weighted by molar-refractivity contribution is -0.143. The van der Waals surface area contributed by atoms with Gasteiger partial charge in [0.15, 0.2) is 0 Å². The highest BCUT2D eigenvalue weighted by Gasteiger charge is 2.29. The number of nitrogens with two attached hydrogens (primary N) is 1. The Kier molecular flexibility index (Phi) is 5.75. The molecule has 1 aliphatic rings. The van der Waals surface area contributed by atoms with Crippen LogP contribution in [0.3, 0.4) is 0 Å². The van der Waals surface area contributed by atoms with Crippen LogP contribution in [0.2, 0.25) is 0 Å². The van der Waals surface area contributed by atoms with E-state index in [0.29, 0.717) is 19.4 Å². The van der Waals surface area contributed by atoms with Gasteiger partial charge in [-0.2, -0.15) is 0 Å². The monoisotopic (exact) mass is 272 g/mol. The zero-order valence-corrected chi connectivity index (χ0v) is 10.9. The first kappa shape index (κ1) is 15.4. The minimum atomic E-state index is -1.16. The van der Waals surface area contributed by atoms with Gasteiger partial charge in [-0.25, -0.2) is 4.79 Å². The van der Waals surface area contributed by atoms with Crippen molar-refractivity contribution in [3.05, 3.63) is 0 Å². The number of rotatable bonds is 6. The first-order chi connectivity index (χ1) is 8.90. The van der Waals surface area contributed by atoms with E-state index >= 15 is 0 Å². The molecular formula is C12H20N2O5. The molecule has 7 heteroatoms. The Morgan fingerprint density at radius 2 is 2.16 bits per heavy atom. The molecule has 0 aromatic rings. The molecule has 0 spiro atoms. The van der Waals surface area contributed by atoms with E-state index < -0.39 is 17.9 Å². The highest BCUT2D eigenvalue weighted by molar-refractivity contribution is 5.85. The molecular weight excluding hydrogens is 252 g/mol. The van der Waals surface area contributed by atoms with Gasteiger partial charge in [0.2, 0.25) is 11.8 Å². The average molecular weight is 272 g/mol. The van der Waals surface area contributed by atoms with Gasteiger partial charge in [0, 0.05) is 18.9 Å². The number of amides is 2. The Labute approximate surface area is 111 Å². The second-order valence-electron chi connectivity index (χ2n) is 4.81. The molecule has 3 atom stereocenters. The summed E-state index contributed by atoms with van der Waals surface area (Å²) in [6.07, 6.45) is 1.10. The van der Waals surface area contributed by atoms with Gasteiger partial charge >= 0.3 is 5.97 Å². The van der Waals surface area contributed by atoms with Crippen molar-refractivity contribution in [3.8, 4) is 0 Å². The molecule has 0 radical (unpaired) electrons. The Bertz CT molecular complexity index is 358. The number of ether oxygens (including phenoxy) is 1. The van der Waals surface area contributed by atoms with Crippen molar-refractivity contribution in [2.24, 2.45) is 11.7 Å². The third-order valence-electron chi connectivity index (χ3n) is 3.15. The van der Waals surface area contributed by atoms with Gasteiger partial charge in [-0.1, -0.05) is 0 Å². The number of hydrogen-bond donors (Lipinski definition) is 3. The summed E-state index contributed by atoms with van der Waals surface area (Å²) >= 11 is 0. The molecule has 2 unspecified atom stereocenters. The van der Waals surface area contributed by atoms with Crippen molar-refractivity contribution in [1.29, 1.82) is 0 Å². The first-order valence-corrected chi connectivity index (χ1v) is 6.33. The van der Waals surface area contributed by atoms with Crippen molar-refractivity contribution >= 4 is 17.8 Å². The van der Waals surface area contributed by atoms with Gasteiger partial charge < -0.3 is 20.9 Å². The number of primary amides is 1. The molecule has 4 N–H and O–H groups in total. The number of aliphatic carboxylic acids is 1. The average Bonchev–Trinajstić information content (AvgIpc) is 2.33. The molecule has 19 heavy (non-hydrogen) atoms. The minimum Gasteiger partial charge on any atom is -0.480 e. The van der Waals surface area contributed by atoms with E-state index in [-0.39, 0.29) is 30.8 Å². The lowest BCUT2D eigenvalue weighted by atomic mass is 9.95. The number of carbonyl (C=O) groups excluding carboxylic acids is 2. The summed E-state index contributed by atoms with van der Waals surface area (Å²) in [6, 6.07) is -1.07. The van der Waals surface area contributed by atoms with Crippen LogP contribution in [0, 0.1) is 5.92 Å². The highest BCUT2D eigenvalue weighted by atomic mass is 16.5. The van der Waals surface area contributed by atoms with Gasteiger partial charge in [-0.3, -0.25) is 9.59 Å². The minimum absolute atomic E-state index is 0.00148. The fourth-order valence-electron chi connectivity index (χ4n) is 2.07. The summed E-state index contributed by atoms with van der Waals surface area (Å²) in [5.41, 5.74) is 4.97. The maximum absolute atomic E-state index is 12.0. The predicted octanol–water partition coefficient (Wildman–Crippen LogP) is -0.364. The van der Waals surface area contributed by atoms with Crippen molar-refractivity contribution in [2.45, 2.75) is 44.8 Å². The summed E-state index contributed by atoms with van der Waals surface area (Å²) < 4.78 is 5.33. The van der Waals surface area contributed by atoms with E-state index in [1.54, 1.807) is 0 Å². The molecule has 1 heterocycles. The fourth-order valence-corrected chi connectivity index (χ4v) is 2.07. The van der Waals surface area contributed by atoms with Crippen molar-refractivity contribution < 1.29 is 24.2 Å². The van der Waals surface area contributed by atoms with Crippen molar-refractivity contribution in [3.63, 3.8) is 0 Å². The Morgan fingerprint density at radius 3 is 2.68 bits per heavy atom. The van der Waals surface area contributed by atoms with E-state index in [1.807, 2.05) is 6.92 Å². The molecule has 0 aromatic carbocycles. The molecule has 0 saturated carbocycles. The third-order valence-corrected chi connectivity index (χ3v) is 3.15. The molecule has 0 aromatic heterocycles. The number of carbonyl (C=O) groups is 3. The molecule has 7 nitrogen and oxygen atoms in total. The van der Waals surface area contributed by atoms with Crippen molar-refractivity contribution in [1.82, 2.24) is 5.32 Å². The van der Waals surface area contributed by atoms with E-state index in [9.17, 15) is 14.4 Å². The van der Waals surface area contributed by atoms with E-state index in [4.69, 9.17) is 15.6 Å². The van der Waals surface area contributed by atoms with Crippen LogP contribution < -0.4 is 11.1 Å². The summed E-state index contributed by atoms with van der Waals surface area (Å²) in [5.74, 6) is -2.28. The zero-order valence-electron chi connectivity index (χ0n) is 10.9. The van der Waals surface area contributed by atoms with Crippen LogP contribution in [0.15, 0.2) is 0 Å². The Balaban J connectivity index is 2.50. The van der Waals surface area contributed by atoms with E-state index in [2.05, 4.69) is 5.32 Å². The maximum atomic E-state index is 12.0. The molecule has 2 amide bonds. The highest BCUT2D eigenvalue weighted by Crippen LogP contribution is 2.20. The second-order valence-corrected chi connectivity index (χ2v) is 4.81. The van der Waals surface area contributed by atoms with Crippen LogP contribution >= 0.6 is 0 Å². The van der Waals surface area contributed by atoms with Gasteiger partial charge in [0.25, 0.3) is 0 Å². The van der Waals surface area contributed by atoms with Gasteiger partial charge in [0.1, 0.15) is 6.04 Å². The molecule has 1 saturated heterocycles. The number of carboxylic acids is 1. The number of carboxylic acid groups (broad SMARTS) is 1. The molecule has 0 aliphatic carbocycles. The number of hydrogen-bond acceptors (Lipinski definition) is 4. The molecule has 0 bridgehead atoms. The Hall–Kier alpha value is -1.63. The third kappa shape index (κ3) is 5.25. The summed E-state index contributed by atoms with van der Waals surface area (Å²) in [6.45, 7) is 2.37. The number of nitrogens with one attached hydrogen (secondary N) is 1. The molecule has 1 aliphatic heterocycles. The second kappa shape index (κ2) is 7.08. The lowest BCUT2D eigenvalue weighted by Gasteiger charge is -2.27. The standard InChI is InChI=1S/C12H20N2O5/c1-7-6-8(4-5-19-7)11(16)14-9(12(17)18)2-3-10(13)15/h7-9H,2-6H2,1H3,(H2,13,15)(H,14,16)(H,17,18)/t7?,8?,9-/m0/s1.